The largest absolute Gasteiger partial charge is 0.507 e. The van der Waals surface area contributed by atoms with Gasteiger partial charge in [0.25, 0.3) is 11.8 Å². The number of carbonyl (C=O) groups is 4. The van der Waals surface area contributed by atoms with Gasteiger partial charge in [-0.3, -0.25) is 40.9 Å². The molecule has 10 heteroatoms. The van der Waals surface area contributed by atoms with Crippen molar-refractivity contribution in [1.82, 2.24) is 21.7 Å². The average molecular weight is 723 g/mol. The summed E-state index contributed by atoms with van der Waals surface area (Å²) < 4.78 is 0. The molecule has 2 aromatic rings. The zero-order valence-corrected chi connectivity index (χ0v) is 32.3. The minimum atomic E-state index is -0.597. The van der Waals surface area contributed by atoms with Crippen LogP contribution in [0.4, 0.5) is 0 Å². The molecule has 2 unspecified atom stereocenters. The van der Waals surface area contributed by atoms with E-state index in [-0.39, 0.29) is 40.4 Å². The molecule has 10 nitrogen and oxygen atoms in total. The molecule has 0 radical (unpaired) electrons. The number of aromatic hydroxyl groups is 2. The van der Waals surface area contributed by atoms with E-state index in [9.17, 15) is 29.4 Å². The number of hydrogen-bond donors (Lipinski definition) is 6. The summed E-state index contributed by atoms with van der Waals surface area (Å²) >= 11 is 0. The van der Waals surface area contributed by atoms with Gasteiger partial charge in [-0.15, -0.1) is 0 Å². The molecule has 2 aromatic carbocycles. The Morgan fingerprint density at radius 2 is 0.942 bits per heavy atom. The van der Waals surface area contributed by atoms with Gasteiger partial charge in [-0.25, -0.2) is 0 Å². The summed E-state index contributed by atoms with van der Waals surface area (Å²) in [5.41, 5.74) is 12.0. The van der Waals surface area contributed by atoms with E-state index in [1.807, 2.05) is 19.1 Å². The highest BCUT2D eigenvalue weighted by Crippen LogP contribution is 2.23. The highest BCUT2D eigenvalue weighted by atomic mass is 16.3. The van der Waals surface area contributed by atoms with Crippen molar-refractivity contribution in [3.05, 3.63) is 58.7 Å². The summed E-state index contributed by atoms with van der Waals surface area (Å²) in [6, 6.07) is 10.1. The van der Waals surface area contributed by atoms with E-state index < -0.39 is 17.7 Å². The van der Waals surface area contributed by atoms with E-state index in [1.165, 1.54) is 51.4 Å². The smallest absolute Gasteiger partial charge is 0.273 e. The molecule has 0 bridgehead atoms. The maximum absolute atomic E-state index is 13.1. The SMILES string of the molecule is CCCCCCCCc1ccc(C(=O)NNC(=O)C(C)CCCC(CCCC)C(=O)NNC(=O)c2ccc(CCCCCCCC)cc2O)c(O)c1. The molecule has 0 aromatic heterocycles. The molecule has 4 amide bonds. The van der Waals surface area contributed by atoms with Crippen molar-refractivity contribution in [3.8, 4) is 11.5 Å². The molecule has 0 heterocycles. The van der Waals surface area contributed by atoms with Crippen LogP contribution < -0.4 is 21.7 Å². The Balaban J connectivity index is 1.77. The lowest BCUT2D eigenvalue weighted by Gasteiger charge is -2.18. The minimum absolute atomic E-state index is 0.0900. The van der Waals surface area contributed by atoms with Crippen LogP contribution in [0.15, 0.2) is 36.4 Å². The first-order chi connectivity index (χ1) is 25.1. The van der Waals surface area contributed by atoms with Gasteiger partial charge in [0.15, 0.2) is 0 Å². The summed E-state index contributed by atoms with van der Waals surface area (Å²) in [5.74, 6) is -2.91. The second kappa shape index (κ2) is 25.8. The predicted molar refractivity (Wildman–Crippen MR) is 208 cm³/mol. The van der Waals surface area contributed by atoms with Crippen molar-refractivity contribution >= 4 is 23.6 Å². The van der Waals surface area contributed by atoms with Crippen molar-refractivity contribution in [3.63, 3.8) is 0 Å². The molecule has 0 aliphatic carbocycles. The normalized spacial score (nSPS) is 12.2. The number of benzene rings is 2. The number of aryl methyl sites for hydroxylation is 2. The number of unbranched alkanes of at least 4 members (excludes halogenated alkanes) is 11. The van der Waals surface area contributed by atoms with Gasteiger partial charge in [-0.05, 0) is 80.3 Å². The van der Waals surface area contributed by atoms with Gasteiger partial charge in [0, 0.05) is 11.8 Å². The van der Waals surface area contributed by atoms with E-state index in [0.29, 0.717) is 25.7 Å². The van der Waals surface area contributed by atoms with Crippen molar-refractivity contribution in [2.75, 3.05) is 0 Å². The topological polar surface area (TPSA) is 157 Å². The van der Waals surface area contributed by atoms with Crippen LogP contribution in [0.2, 0.25) is 0 Å². The van der Waals surface area contributed by atoms with Gasteiger partial charge >= 0.3 is 0 Å². The van der Waals surface area contributed by atoms with Gasteiger partial charge in [0.05, 0.1) is 11.1 Å². The first kappa shape index (κ1) is 44.1. The summed E-state index contributed by atoms with van der Waals surface area (Å²) in [6.07, 6.45) is 19.8. The predicted octanol–water partition coefficient (Wildman–Crippen LogP) is 8.74. The number of rotatable bonds is 25. The quantitative estimate of drug-likeness (QED) is 0.0445. The second-order valence-corrected chi connectivity index (χ2v) is 14.3. The molecule has 0 saturated heterocycles. The second-order valence-electron chi connectivity index (χ2n) is 14.3. The summed E-state index contributed by atoms with van der Waals surface area (Å²) in [7, 11) is 0. The van der Waals surface area contributed by atoms with Crippen LogP contribution in [0.3, 0.4) is 0 Å². The van der Waals surface area contributed by atoms with Crippen LogP contribution in [0, 0.1) is 11.8 Å². The Morgan fingerprint density at radius 3 is 1.40 bits per heavy atom. The third kappa shape index (κ3) is 17.0. The molecule has 0 spiro atoms. The van der Waals surface area contributed by atoms with Crippen molar-refractivity contribution in [2.24, 2.45) is 11.8 Å². The summed E-state index contributed by atoms with van der Waals surface area (Å²) in [4.78, 5) is 51.3. The fraction of sp³-hybridized carbons (Fsp3) is 0.619. The minimum Gasteiger partial charge on any atom is -0.507 e. The molecule has 2 rings (SSSR count). The highest BCUT2D eigenvalue weighted by molar-refractivity contribution is 5.98. The lowest BCUT2D eigenvalue weighted by Crippen LogP contribution is -2.45. The number of amides is 4. The molecule has 0 saturated carbocycles. The van der Waals surface area contributed by atoms with E-state index >= 15 is 0 Å². The van der Waals surface area contributed by atoms with Crippen LogP contribution >= 0.6 is 0 Å². The maximum atomic E-state index is 13.1. The fourth-order valence-corrected chi connectivity index (χ4v) is 6.32. The van der Waals surface area contributed by atoms with E-state index in [0.717, 1.165) is 62.5 Å². The zero-order chi connectivity index (χ0) is 38.1. The number of hydrazine groups is 2. The average Bonchev–Trinajstić information content (AvgIpc) is 3.13. The summed E-state index contributed by atoms with van der Waals surface area (Å²) in [5, 5.41) is 20.9. The number of phenols is 2. The Labute approximate surface area is 312 Å². The molecular formula is C42H66N4O6. The maximum Gasteiger partial charge on any atom is 0.273 e. The van der Waals surface area contributed by atoms with E-state index in [2.05, 4.69) is 35.6 Å². The number of nitrogens with one attached hydrogen (secondary N) is 4. The van der Waals surface area contributed by atoms with Crippen LogP contribution in [0.5, 0.6) is 11.5 Å². The van der Waals surface area contributed by atoms with Gasteiger partial charge in [0.2, 0.25) is 11.8 Å². The van der Waals surface area contributed by atoms with Gasteiger partial charge in [0.1, 0.15) is 11.5 Å². The third-order valence-electron chi connectivity index (χ3n) is 9.76. The lowest BCUT2D eigenvalue weighted by atomic mass is 9.93. The van der Waals surface area contributed by atoms with Crippen LogP contribution in [0.25, 0.3) is 0 Å². The monoisotopic (exact) mass is 722 g/mol. The van der Waals surface area contributed by atoms with Crippen molar-refractivity contribution < 1.29 is 29.4 Å². The number of hydrogen-bond acceptors (Lipinski definition) is 6. The molecular weight excluding hydrogens is 656 g/mol. The van der Waals surface area contributed by atoms with Crippen LogP contribution in [-0.4, -0.2) is 33.8 Å². The Bertz CT molecular complexity index is 1380. The van der Waals surface area contributed by atoms with E-state index in [4.69, 9.17) is 0 Å². The number of phenolic OH excluding ortho intramolecular Hbond substituents is 2. The van der Waals surface area contributed by atoms with E-state index in [1.54, 1.807) is 31.2 Å². The molecule has 0 aliphatic rings. The Kier molecular flexibility index (Phi) is 21.9. The molecule has 52 heavy (non-hydrogen) atoms. The van der Waals surface area contributed by atoms with Crippen LogP contribution in [0.1, 0.15) is 175 Å². The van der Waals surface area contributed by atoms with Crippen molar-refractivity contribution in [2.45, 2.75) is 156 Å². The first-order valence-electron chi connectivity index (χ1n) is 19.9. The molecule has 6 N–H and O–H groups in total. The van der Waals surface area contributed by atoms with Gasteiger partial charge in [-0.1, -0.05) is 123 Å². The third-order valence-corrected chi connectivity index (χ3v) is 9.76. The van der Waals surface area contributed by atoms with Crippen LogP contribution in [-0.2, 0) is 22.4 Å². The standard InChI is InChI=1S/C42H66N4O6/c1-5-8-11-13-15-17-21-32-25-27-35(37(47)29-32)41(51)45-43-39(49)31(4)20-19-24-34(23-10-7-3)40(50)44-46-42(52)36-28-26-33(30-38(36)48)22-18-16-14-12-9-6-2/h25-31,34,47-48H,5-24H2,1-4H3,(H,43,49)(H,44,50)(H,45,51)(H,46,52). The van der Waals surface area contributed by atoms with Crippen molar-refractivity contribution in [1.29, 1.82) is 0 Å². The Morgan fingerprint density at radius 1 is 0.519 bits per heavy atom. The first-order valence-corrected chi connectivity index (χ1v) is 19.9. The highest BCUT2D eigenvalue weighted by Gasteiger charge is 2.22. The van der Waals surface area contributed by atoms with Gasteiger partial charge < -0.3 is 10.2 Å². The fourth-order valence-electron chi connectivity index (χ4n) is 6.32. The molecule has 2 atom stereocenters. The molecule has 0 fully saturated rings. The summed E-state index contributed by atoms with van der Waals surface area (Å²) in [6.45, 7) is 8.18. The number of carbonyl (C=O) groups excluding carboxylic acids is 4. The zero-order valence-electron chi connectivity index (χ0n) is 32.3. The Hall–Kier alpha value is -4.08. The van der Waals surface area contributed by atoms with Gasteiger partial charge in [-0.2, -0.15) is 0 Å². The lowest BCUT2D eigenvalue weighted by molar-refractivity contribution is -0.126. The molecule has 0 aliphatic heterocycles. The molecule has 290 valence electrons.